The molecule has 2 atom stereocenters. The molecule has 0 bridgehead atoms. The second-order valence-electron chi connectivity index (χ2n) is 13.1. The van der Waals surface area contributed by atoms with Gasteiger partial charge in [-0.3, -0.25) is 9.59 Å². The minimum absolute atomic E-state index is 0.00222. The van der Waals surface area contributed by atoms with Crippen LogP contribution >= 0.6 is 0 Å². The van der Waals surface area contributed by atoms with Crippen molar-refractivity contribution in [1.82, 2.24) is 25.0 Å². The number of hydrogen-bond acceptors (Lipinski definition) is 7. The Hall–Kier alpha value is -3.99. The summed E-state index contributed by atoms with van der Waals surface area (Å²) in [4.78, 5) is 34.2. The molecule has 8 rings (SSSR count). The van der Waals surface area contributed by atoms with Crippen LogP contribution < -0.4 is 25.7 Å². The normalized spacial score (nSPS) is 21.5. The molecule has 10 heteroatoms. The Kier molecular flexibility index (Phi) is 7.23. The van der Waals surface area contributed by atoms with Gasteiger partial charge in [0, 0.05) is 58.1 Å². The van der Waals surface area contributed by atoms with E-state index in [2.05, 4.69) is 32.4 Å². The molecular weight excluding hydrogens is 571 g/mol. The van der Waals surface area contributed by atoms with Gasteiger partial charge in [0.05, 0.1) is 11.1 Å². The average molecular weight is 611 g/mol. The Labute approximate surface area is 261 Å². The lowest BCUT2D eigenvalue weighted by molar-refractivity contribution is 0.0948. The van der Waals surface area contributed by atoms with Gasteiger partial charge >= 0.3 is 0 Å². The Bertz CT molecular complexity index is 1850. The lowest BCUT2D eigenvalue weighted by Crippen LogP contribution is -2.45. The number of halogens is 1. The molecule has 5 heterocycles. The molecular formula is C35H39FN6O3. The number of aromatic nitrogens is 1. The van der Waals surface area contributed by atoms with Gasteiger partial charge in [-0.05, 0) is 74.3 Å². The van der Waals surface area contributed by atoms with Crippen molar-refractivity contribution in [3.63, 3.8) is 0 Å². The lowest BCUT2D eigenvalue weighted by atomic mass is 9.94. The Balaban J connectivity index is 1.18. The van der Waals surface area contributed by atoms with Crippen LogP contribution in [0.3, 0.4) is 0 Å². The summed E-state index contributed by atoms with van der Waals surface area (Å²) in [6.45, 7) is 7.82. The third-order valence-electron chi connectivity index (χ3n) is 10.2. The van der Waals surface area contributed by atoms with E-state index in [4.69, 9.17) is 4.74 Å². The standard InChI is InChI=1S/C35H39FN6O3/c1-39-12-14-40(15-13-39)11-5-10-38-35(44)26-20-42-29-16-22-6-2-3-7-23(22)17-30(29)45-34-31(42)25(33(26)43)18-27(36)32(34)41-19-24-8-4-9-37-28(24)21-41/h2-3,6-7,16-18,20,24,28,37H,4-5,8-15,19,21H2,1H3,(H,38,44). The van der Waals surface area contributed by atoms with Crippen molar-refractivity contribution in [3.8, 4) is 17.2 Å². The smallest absolute Gasteiger partial charge is 0.256 e. The molecule has 4 aromatic rings. The monoisotopic (exact) mass is 610 g/mol. The summed E-state index contributed by atoms with van der Waals surface area (Å²) in [5, 5.41) is 8.69. The second kappa shape index (κ2) is 11.4. The number of rotatable bonds is 6. The number of nitrogens with zero attached hydrogens (tertiary/aromatic N) is 4. The molecule has 3 saturated heterocycles. The first-order valence-corrected chi connectivity index (χ1v) is 16.2. The number of hydrogen-bond donors (Lipinski definition) is 2. The molecule has 4 aliphatic rings. The molecule has 0 saturated carbocycles. The number of amides is 1. The van der Waals surface area contributed by atoms with E-state index in [1.807, 2.05) is 41.0 Å². The van der Waals surface area contributed by atoms with E-state index in [-0.39, 0.29) is 10.9 Å². The predicted octanol–water partition coefficient (Wildman–Crippen LogP) is 3.94. The van der Waals surface area contributed by atoms with Crippen molar-refractivity contribution >= 4 is 33.3 Å². The van der Waals surface area contributed by atoms with Crippen molar-refractivity contribution in [3.05, 3.63) is 70.3 Å². The number of carbonyl (C=O) groups excluding carboxylic acids is 1. The van der Waals surface area contributed by atoms with Crippen LogP contribution in [0.4, 0.5) is 10.1 Å². The van der Waals surface area contributed by atoms with Gasteiger partial charge < -0.3 is 34.6 Å². The molecule has 2 N–H and O–H groups in total. The molecule has 4 aliphatic heterocycles. The van der Waals surface area contributed by atoms with Crippen molar-refractivity contribution in [2.24, 2.45) is 5.92 Å². The van der Waals surface area contributed by atoms with Crippen molar-refractivity contribution in [1.29, 1.82) is 0 Å². The van der Waals surface area contributed by atoms with E-state index in [0.29, 0.717) is 53.4 Å². The number of carbonyl (C=O) groups is 1. The van der Waals surface area contributed by atoms with E-state index in [0.717, 1.165) is 75.8 Å². The number of likely N-dealkylation sites (N-methyl/N-ethyl adjacent to an activating group) is 1. The number of piperazine rings is 1. The molecule has 2 unspecified atom stereocenters. The largest absolute Gasteiger partial charge is 0.451 e. The maximum absolute atomic E-state index is 16.2. The van der Waals surface area contributed by atoms with E-state index in [9.17, 15) is 9.59 Å². The summed E-state index contributed by atoms with van der Waals surface area (Å²) in [6, 6.07) is 13.5. The van der Waals surface area contributed by atoms with Crippen molar-refractivity contribution in [2.75, 3.05) is 70.9 Å². The summed E-state index contributed by atoms with van der Waals surface area (Å²) in [5.74, 6) is 0.381. The number of pyridine rings is 1. The van der Waals surface area contributed by atoms with Gasteiger partial charge in [0.15, 0.2) is 17.3 Å². The third-order valence-corrected chi connectivity index (χ3v) is 10.2. The van der Waals surface area contributed by atoms with Crippen LogP contribution in [0, 0.1) is 11.7 Å². The Morgan fingerprint density at radius 1 is 1.09 bits per heavy atom. The van der Waals surface area contributed by atoms with E-state index >= 15 is 4.39 Å². The number of anilines is 1. The van der Waals surface area contributed by atoms with Crippen LogP contribution in [0.2, 0.25) is 0 Å². The second-order valence-corrected chi connectivity index (χ2v) is 13.1. The summed E-state index contributed by atoms with van der Waals surface area (Å²) in [6.07, 6.45) is 4.62. The van der Waals surface area contributed by atoms with Crippen LogP contribution in [-0.2, 0) is 0 Å². The van der Waals surface area contributed by atoms with Crippen LogP contribution in [0.1, 0.15) is 29.6 Å². The van der Waals surface area contributed by atoms with Crippen LogP contribution in [0.5, 0.6) is 11.5 Å². The summed E-state index contributed by atoms with van der Waals surface area (Å²) < 4.78 is 24.7. The molecule has 0 spiro atoms. The molecule has 9 nitrogen and oxygen atoms in total. The highest BCUT2D eigenvalue weighted by Gasteiger charge is 2.38. The van der Waals surface area contributed by atoms with Gasteiger partial charge in [0.2, 0.25) is 5.43 Å². The number of ether oxygens (including phenoxy) is 1. The van der Waals surface area contributed by atoms with Crippen molar-refractivity contribution < 1.29 is 13.9 Å². The first kappa shape index (κ1) is 28.5. The van der Waals surface area contributed by atoms with Gasteiger partial charge in [-0.2, -0.15) is 0 Å². The van der Waals surface area contributed by atoms with Gasteiger partial charge in [0.1, 0.15) is 16.8 Å². The SMILES string of the molecule is CN1CCN(CCCNC(=O)c2cn3c4c(c(N5CC6CCCNC6C5)c(F)cc4c2=O)Oc2cc4ccccc4cc2-3)CC1. The lowest BCUT2D eigenvalue weighted by Gasteiger charge is -2.32. The minimum Gasteiger partial charge on any atom is -0.451 e. The predicted molar refractivity (Wildman–Crippen MR) is 175 cm³/mol. The molecule has 45 heavy (non-hydrogen) atoms. The van der Waals surface area contributed by atoms with Crippen LogP contribution in [-0.4, -0.2) is 92.3 Å². The molecule has 3 aromatic carbocycles. The van der Waals surface area contributed by atoms with Crippen molar-refractivity contribution in [2.45, 2.75) is 25.3 Å². The van der Waals surface area contributed by atoms with Crippen LogP contribution in [0.15, 0.2) is 53.5 Å². The molecule has 1 aromatic heterocycles. The molecule has 3 fully saturated rings. The first-order chi connectivity index (χ1) is 21.9. The zero-order valence-corrected chi connectivity index (χ0v) is 25.7. The van der Waals surface area contributed by atoms with Gasteiger partial charge in [0.25, 0.3) is 5.91 Å². The van der Waals surface area contributed by atoms with Gasteiger partial charge in [-0.1, -0.05) is 24.3 Å². The van der Waals surface area contributed by atoms with Gasteiger partial charge in [-0.15, -0.1) is 0 Å². The maximum atomic E-state index is 16.2. The highest BCUT2D eigenvalue weighted by Crippen LogP contribution is 2.48. The zero-order valence-electron chi connectivity index (χ0n) is 25.7. The fraction of sp³-hybridized carbons (Fsp3) is 0.429. The number of nitrogens with one attached hydrogen (secondary N) is 2. The number of piperidine rings is 1. The molecule has 0 aliphatic carbocycles. The van der Waals surface area contributed by atoms with Gasteiger partial charge in [-0.25, -0.2) is 4.39 Å². The first-order valence-electron chi connectivity index (χ1n) is 16.2. The Morgan fingerprint density at radius 2 is 1.89 bits per heavy atom. The number of benzene rings is 3. The maximum Gasteiger partial charge on any atom is 0.256 e. The topological polar surface area (TPSA) is 82.1 Å². The highest BCUT2D eigenvalue weighted by atomic mass is 19.1. The zero-order chi connectivity index (χ0) is 30.7. The summed E-state index contributed by atoms with van der Waals surface area (Å²) >= 11 is 0. The minimum atomic E-state index is -0.506. The quantitative estimate of drug-likeness (QED) is 0.282. The highest BCUT2D eigenvalue weighted by molar-refractivity contribution is 6.02. The average Bonchev–Trinajstić information content (AvgIpc) is 3.48. The summed E-state index contributed by atoms with van der Waals surface area (Å²) in [7, 11) is 2.13. The molecule has 0 radical (unpaired) electrons. The van der Waals surface area contributed by atoms with Crippen LogP contribution in [0.25, 0.3) is 27.4 Å². The third kappa shape index (κ3) is 5.05. The van der Waals surface area contributed by atoms with E-state index in [1.165, 1.54) is 6.07 Å². The fourth-order valence-electron chi connectivity index (χ4n) is 7.65. The van der Waals surface area contributed by atoms with E-state index in [1.54, 1.807) is 6.20 Å². The van der Waals surface area contributed by atoms with E-state index < -0.39 is 17.2 Å². The fourth-order valence-corrected chi connectivity index (χ4v) is 7.65. The molecule has 234 valence electrons. The summed E-state index contributed by atoms with van der Waals surface area (Å²) in [5.41, 5.74) is 1.09. The Morgan fingerprint density at radius 3 is 2.69 bits per heavy atom. The number of fused-ring (bicyclic) bond motifs is 4. The molecule has 1 amide bonds.